The second-order valence-electron chi connectivity index (χ2n) is 5.68. The Labute approximate surface area is 126 Å². The molecule has 118 valence electrons. The molecule has 6 nitrogen and oxygen atoms in total. The van der Waals surface area contributed by atoms with E-state index in [1.165, 1.54) is 0 Å². The van der Waals surface area contributed by atoms with Crippen LogP contribution in [0, 0.1) is 0 Å². The van der Waals surface area contributed by atoms with Crippen molar-refractivity contribution in [2.45, 2.75) is 57.9 Å². The molecule has 0 radical (unpaired) electrons. The van der Waals surface area contributed by atoms with E-state index in [1.54, 1.807) is 0 Å². The van der Waals surface area contributed by atoms with Crippen molar-refractivity contribution in [2.24, 2.45) is 0 Å². The molecule has 0 spiro atoms. The molecule has 1 atom stereocenters. The maximum atomic E-state index is 12.2. The first-order valence-electron chi connectivity index (χ1n) is 7.99. The van der Waals surface area contributed by atoms with E-state index in [0.717, 1.165) is 51.0 Å². The Morgan fingerprint density at radius 1 is 1.48 bits per heavy atom. The van der Waals surface area contributed by atoms with Crippen molar-refractivity contribution >= 4 is 5.91 Å². The van der Waals surface area contributed by atoms with Gasteiger partial charge in [0.2, 0.25) is 11.8 Å². The number of aromatic nitrogens is 2. The fraction of sp³-hybridized carbons (Fsp3) is 0.800. The molecular formula is C15H26N4O2. The molecule has 1 N–H and O–H groups in total. The molecule has 6 heteroatoms. The van der Waals surface area contributed by atoms with Crippen molar-refractivity contribution in [1.29, 1.82) is 0 Å². The molecule has 2 rings (SSSR count). The van der Waals surface area contributed by atoms with Gasteiger partial charge in [-0.2, -0.15) is 4.98 Å². The lowest BCUT2D eigenvalue weighted by molar-refractivity contribution is -0.132. The van der Waals surface area contributed by atoms with Crippen molar-refractivity contribution in [2.75, 3.05) is 20.1 Å². The third kappa shape index (κ3) is 4.81. The highest BCUT2D eigenvalue weighted by Crippen LogP contribution is 2.12. The molecule has 0 aromatic carbocycles. The SMILES string of the molecule is CCCc1noc(CCCC(=O)N2CCCC(NC)C2)n1. The van der Waals surface area contributed by atoms with E-state index in [4.69, 9.17) is 4.52 Å². The standard InChI is InChI=1S/C15H26N4O2/c1-3-6-13-17-14(21-18-13)8-4-9-15(20)19-10-5-7-12(11-19)16-2/h12,16H,3-11H2,1-2H3. The van der Waals surface area contributed by atoms with Gasteiger partial charge < -0.3 is 14.7 Å². The summed E-state index contributed by atoms with van der Waals surface area (Å²) in [6, 6.07) is 0.440. The third-order valence-corrected chi connectivity index (χ3v) is 3.95. The molecule has 21 heavy (non-hydrogen) atoms. The van der Waals surface area contributed by atoms with Crippen LogP contribution in [0.1, 0.15) is 50.7 Å². The van der Waals surface area contributed by atoms with Crippen LogP contribution < -0.4 is 5.32 Å². The highest BCUT2D eigenvalue weighted by Gasteiger charge is 2.22. The largest absolute Gasteiger partial charge is 0.341 e. The van der Waals surface area contributed by atoms with Crippen molar-refractivity contribution in [3.63, 3.8) is 0 Å². The van der Waals surface area contributed by atoms with Crippen LogP contribution in [0.4, 0.5) is 0 Å². The Kier molecular flexibility index (Phi) is 6.17. The molecule has 1 amide bonds. The van der Waals surface area contributed by atoms with Gasteiger partial charge in [-0.15, -0.1) is 0 Å². The van der Waals surface area contributed by atoms with Gasteiger partial charge in [0.25, 0.3) is 0 Å². The predicted molar refractivity (Wildman–Crippen MR) is 79.9 cm³/mol. The molecule has 0 bridgehead atoms. The van der Waals surface area contributed by atoms with E-state index in [2.05, 4.69) is 22.4 Å². The molecule has 0 aliphatic carbocycles. The molecule has 1 aromatic heterocycles. The van der Waals surface area contributed by atoms with Gasteiger partial charge in [0.05, 0.1) is 0 Å². The third-order valence-electron chi connectivity index (χ3n) is 3.95. The van der Waals surface area contributed by atoms with Crippen LogP contribution >= 0.6 is 0 Å². The quantitative estimate of drug-likeness (QED) is 0.826. The number of carbonyl (C=O) groups excluding carboxylic acids is 1. The Bertz CT molecular complexity index is 447. The van der Waals surface area contributed by atoms with E-state index in [1.807, 2.05) is 11.9 Å². The summed E-state index contributed by atoms with van der Waals surface area (Å²) >= 11 is 0. The highest BCUT2D eigenvalue weighted by molar-refractivity contribution is 5.76. The lowest BCUT2D eigenvalue weighted by Crippen LogP contribution is -2.46. The molecule has 1 unspecified atom stereocenters. The minimum Gasteiger partial charge on any atom is -0.341 e. The van der Waals surface area contributed by atoms with Gasteiger partial charge in [-0.25, -0.2) is 0 Å². The summed E-state index contributed by atoms with van der Waals surface area (Å²) in [6.07, 6.45) is 6.12. The van der Waals surface area contributed by atoms with Crippen LogP contribution in [-0.2, 0) is 17.6 Å². The molecule has 2 heterocycles. The lowest BCUT2D eigenvalue weighted by atomic mass is 10.1. The normalized spacial score (nSPS) is 19.0. The highest BCUT2D eigenvalue weighted by atomic mass is 16.5. The zero-order valence-corrected chi connectivity index (χ0v) is 13.1. The van der Waals surface area contributed by atoms with E-state index >= 15 is 0 Å². The van der Waals surface area contributed by atoms with Crippen molar-refractivity contribution < 1.29 is 9.32 Å². The molecule has 1 aliphatic heterocycles. The summed E-state index contributed by atoms with van der Waals surface area (Å²) in [7, 11) is 1.96. The second kappa shape index (κ2) is 8.12. The number of nitrogens with zero attached hydrogens (tertiary/aromatic N) is 3. The first-order chi connectivity index (χ1) is 10.2. The number of rotatable bonds is 7. The fourth-order valence-corrected chi connectivity index (χ4v) is 2.71. The van der Waals surface area contributed by atoms with Crippen LogP contribution in [0.25, 0.3) is 0 Å². The summed E-state index contributed by atoms with van der Waals surface area (Å²) in [5, 5.41) is 7.18. The second-order valence-corrected chi connectivity index (χ2v) is 5.68. The molecule has 1 saturated heterocycles. The van der Waals surface area contributed by atoms with Gasteiger partial charge in [0, 0.05) is 38.4 Å². The molecule has 1 aliphatic rings. The first-order valence-corrected chi connectivity index (χ1v) is 7.99. The summed E-state index contributed by atoms with van der Waals surface area (Å²) in [4.78, 5) is 18.5. The van der Waals surface area contributed by atoms with Crippen LogP contribution in [0.5, 0.6) is 0 Å². The average Bonchev–Trinajstić information content (AvgIpc) is 2.95. The van der Waals surface area contributed by atoms with Crippen LogP contribution in [0.3, 0.4) is 0 Å². The number of carbonyl (C=O) groups is 1. The smallest absolute Gasteiger partial charge is 0.226 e. The number of likely N-dealkylation sites (N-methyl/N-ethyl adjacent to an activating group) is 1. The zero-order chi connectivity index (χ0) is 15.1. The summed E-state index contributed by atoms with van der Waals surface area (Å²) in [6.45, 7) is 3.81. The monoisotopic (exact) mass is 294 g/mol. The Balaban J connectivity index is 1.70. The number of piperidine rings is 1. The molecule has 1 fully saturated rings. The minimum atomic E-state index is 0.239. The number of hydrogen-bond acceptors (Lipinski definition) is 5. The topological polar surface area (TPSA) is 71.3 Å². The molecule has 0 saturated carbocycles. The van der Waals surface area contributed by atoms with Gasteiger partial charge in [-0.1, -0.05) is 12.1 Å². The number of amides is 1. The van der Waals surface area contributed by atoms with E-state index in [0.29, 0.717) is 24.8 Å². The average molecular weight is 294 g/mol. The Hall–Kier alpha value is -1.43. The van der Waals surface area contributed by atoms with Crippen molar-refractivity contribution in [1.82, 2.24) is 20.4 Å². The first kappa shape index (κ1) is 15.9. The maximum Gasteiger partial charge on any atom is 0.226 e. The zero-order valence-electron chi connectivity index (χ0n) is 13.1. The number of nitrogens with one attached hydrogen (secondary N) is 1. The van der Waals surface area contributed by atoms with Gasteiger partial charge in [-0.3, -0.25) is 4.79 Å². The maximum absolute atomic E-state index is 12.2. The number of likely N-dealkylation sites (tertiary alicyclic amines) is 1. The van der Waals surface area contributed by atoms with Crippen LogP contribution in [0.2, 0.25) is 0 Å². The molecule has 1 aromatic rings. The summed E-state index contributed by atoms with van der Waals surface area (Å²) < 4.78 is 5.18. The lowest BCUT2D eigenvalue weighted by Gasteiger charge is -2.32. The Morgan fingerprint density at radius 3 is 3.10 bits per heavy atom. The van der Waals surface area contributed by atoms with Crippen molar-refractivity contribution in [3.8, 4) is 0 Å². The number of hydrogen-bond donors (Lipinski definition) is 1. The van der Waals surface area contributed by atoms with E-state index in [9.17, 15) is 4.79 Å². The Morgan fingerprint density at radius 2 is 2.33 bits per heavy atom. The van der Waals surface area contributed by atoms with E-state index in [-0.39, 0.29) is 5.91 Å². The number of aryl methyl sites for hydroxylation is 2. The van der Waals surface area contributed by atoms with Crippen LogP contribution in [-0.4, -0.2) is 47.1 Å². The van der Waals surface area contributed by atoms with Gasteiger partial charge in [0.15, 0.2) is 5.82 Å². The summed E-state index contributed by atoms with van der Waals surface area (Å²) in [5.74, 6) is 1.66. The van der Waals surface area contributed by atoms with Gasteiger partial charge >= 0.3 is 0 Å². The predicted octanol–water partition coefficient (Wildman–Crippen LogP) is 1.56. The van der Waals surface area contributed by atoms with Crippen LogP contribution in [0.15, 0.2) is 4.52 Å². The molecular weight excluding hydrogens is 268 g/mol. The summed E-state index contributed by atoms with van der Waals surface area (Å²) in [5.41, 5.74) is 0. The van der Waals surface area contributed by atoms with Gasteiger partial charge in [0.1, 0.15) is 0 Å². The fourth-order valence-electron chi connectivity index (χ4n) is 2.71. The van der Waals surface area contributed by atoms with Gasteiger partial charge in [-0.05, 0) is 32.7 Å². The van der Waals surface area contributed by atoms with Crippen molar-refractivity contribution in [3.05, 3.63) is 11.7 Å². The van der Waals surface area contributed by atoms with E-state index < -0.39 is 0 Å². The minimum absolute atomic E-state index is 0.239.